The van der Waals surface area contributed by atoms with Crippen molar-refractivity contribution in [2.45, 2.75) is 39.7 Å². The van der Waals surface area contributed by atoms with E-state index in [9.17, 15) is 9.59 Å². The minimum absolute atomic E-state index is 0.0112. The van der Waals surface area contributed by atoms with Crippen LogP contribution >= 0.6 is 0 Å². The van der Waals surface area contributed by atoms with Gasteiger partial charge in [0, 0.05) is 19.0 Å². The number of amides is 1. The third kappa shape index (κ3) is 2.49. The fourth-order valence-corrected chi connectivity index (χ4v) is 2.27. The molecule has 1 rings (SSSR count). The normalized spacial score (nSPS) is 23.6. The van der Waals surface area contributed by atoms with Crippen molar-refractivity contribution in [2.75, 3.05) is 6.54 Å². The first kappa shape index (κ1) is 12.0. The number of likely N-dealkylation sites (tertiary alicyclic amines) is 1. The van der Waals surface area contributed by atoms with Crippen LogP contribution < -0.4 is 0 Å². The second-order valence-corrected chi connectivity index (χ2v) is 4.50. The Morgan fingerprint density at radius 3 is 2.53 bits per heavy atom. The minimum Gasteiger partial charge on any atom is -0.481 e. The van der Waals surface area contributed by atoms with Crippen LogP contribution in [0.15, 0.2) is 0 Å². The van der Waals surface area contributed by atoms with Crippen molar-refractivity contribution in [2.24, 2.45) is 11.8 Å². The summed E-state index contributed by atoms with van der Waals surface area (Å²) in [6.07, 6.45) is 1.05. The van der Waals surface area contributed by atoms with Gasteiger partial charge in [-0.15, -0.1) is 0 Å². The highest BCUT2D eigenvalue weighted by molar-refractivity contribution is 5.86. The molecule has 15 heavy (non-hydrogen) atoms. The van der Waals surface area contributed by atoms with Gasteiger partial charge in [0.2, 0.25) is 5.91 Å². The number of carboxylic acid groups (broad SMARTS) is 1. The average molecular weight is 213 g/mol. The molecule has 0 aromatic rings. The van der Waals surface area contributed by atoms with Crippen molar-refractivity contribution in [1.29, 1.82) is 0 Å². The van der Waals surface area contributed by atoms with E-state index in [0.29, 0.717) is 12.5 Å². The van der Waals surface area contributed by atoms with Gasteiger partial charge in [-0.25, -0.2) is 0 Å². The van der Waals surface area contributed by atoms with Crippen molar-refractivity contribution < 1.29 is 14.7 Å². The van der Waals surface area contributed by atoms with Gasteiger partial charge >= 0.3 is 5.97 Å². The van der Waals surface area contributed by atoms with Crippen LogP contribution in [0.3, 0.4) is 0 Å². The van der Waals surface area contributed by atoms with Gasteiger partial charge in [-0.3, -0.25) is 9.59 Å². The topological polar surface area (TPSA) is 57.6 Å². The first-order valence-electron chi connectivity index (χ1n) is 5.49. The minimum atomic E-state index is -0.857. The van der Waals surface area contributed by atoms with Crippen molar-refractivity contribution in [3.05, 3.63) is 0 Å². The highest BCUT2D eigenvalue weighted by Gasteiger charge is 2.38. The third-order valence-electron chi connectivity index (χ3n) is 3.10. The van der Waals surface area contributed by atoms with Crippen molar-refractivity contribution >= 4 is 11.9 Å². The van der Waals surface area contributed by atoms with Gasteiger partial charge in [0.15, 0.2) is 0 Å². The third-order valence-corrected chi connectivity index (χ3v) is 3.10. The number of carboxylic acids is 1. The van der Waals surface area contributed by atoms with E-state index in [1.807, 2.05) is 6.92 Å². The average Bonchev–Trinajstić information content (AvgIpc) is 2.49. The standard InChI is InChI=1S/C11H19NO3/c1-4-9(7(2)3)12-6-8(11(14)15)5-10(12)13/h7-9H,4-6H2,1-3H3,(H,14,15). The molecule has 86 valence electrons. The Morgan fingerprint density at radius 1 is 1.60 bits per heavy atom. The number of carbonyl (C=O) groups excluding carboxylic acids is 1. The van der Waals surface area contributed by atoms with Gasteiger partial charge in [-0.2, -0.15) is 0 Å². The van der Waals surface area contributed by atoms with E-state index in [1.54, 1.807) is 4.90 Å². The van der Waals surface area contributed by atoms with Crippen LogP contribution in [-0.4, -0.2) is 34.5 Å². The molecule has 4 heteroatoms. The fourth-order valence-electron chi connectivity index (χ4n) is 2.27. The predicted octanol–water partition coefficient (Wildman–Crippen LogP) is 1.35. The molecule has 0 aliphatic carbocycles. The molecule has 0 aromatic carbocycles. The molecule has 0 radical (unpaired) electrons. The molecule has 2 unspecified atom stereocenters. The SMILES string of the molecule is CCC(C(C)C)N1CC(C(=O)O)CC1=O. The lowest BCUT2D eigenvalue weighted by Gasteiger charge is -2.30. The summed E-state index contributed by atoms with van der Waals surface area (Å²) in [6.45, 7) is 6.54. The maximum Gasteiger partial charge on any atom is 0.308 e. The summed E-state index contributed by atoms with van der Waals surface area (Å²) >= 11 is 0. The summed E-state index contributed by atoms with van der Waals surface area (Å²) in [5.74, 6) is -0.996. The molecule has 1 amide bonds. The Kier molecular flexibility index (Phi) is 3.72. The molecule has 1 heterocycles. The largest absolute Gasteiger partial charge is 0.481 e. The van der Waals surface area contributed by atoms with Crippen LogP contribution in [0.25, 0.3) is 0 Å². The van der Waals surface area contributed by atoms with E-state index in [0.717, 1.165) is 6.42 Å². The molecule has 0 aromatic heterocycles. The summed E-state index contributed by atoms with van der Waals surface area (Å²) in [5.41, 5.74) is 0. The molecule has 1 aliphatic heterocycles. The molecule has 1 fully saturated rings. The summed E-state index contributed by atoms with van der Waals surface area (Å²) in [5, 5.41) is 8.86. The lowest BCUT2D eigenvalue weighted by Crippen LogP contribution is -2.40. The van der Waals surface area contributed by atoms with Crippen molar-refractivity contribution in [1.82, 2.24) is 4.90 Å². The number of aliphatic carboxylic acids is 1. The number of hydrogen-bond donors (Lipinski definition) is 1. The first-order valence-corrected chi connectivity index (χ1v) is 5.49. The lowest BCUT2D eigenvalue weighted by atomic mass is 10.0. The second kappa shape index (κ2) is 4.64. The number of rotatable bonds is 4. The number of hydrogen-bond acceptors (Lipinski definition) is 2. The van der Waals surface area contributed by atoms with Gasteiger partial charge in [0.1, 0.15) is 0 Å². The van der Waals surface area contributed by atoms with Crippen LogP contribution in [-0.2, 0) is 9.59 Å². The molecule has 0 bridgehead atoms. The van der Waals surface area contributed by atoms with Gasteiger partial charge < -0.3 is 10.0 Å². The second-order valence-electron chi connectivity index (χ2n) is 4.50. The summed E-state index contributed by atoms with van der Waals surface area (Å²) in [7, 11) is 0. The number of nitrogens with zero attached hydrogens (tertiary/aromatic N) is 1. The summed E-state index contributed by atoms with van der Waals surface area (Å²) < 4.78 is 0. The lowest BCUT2D eigenvalue weighted by molar-refractivity contribution is -0.141. The Labute approximate surface area is 90.3 Å². The Hall–Kier alpha value is -1.06. The zero-order chi connectivity index (χ0) is 11.6. The first-order chi connectivity index (χ1) is 6.97. The van der Waals surface area contributed by atoms with Crippen LogP contribution in [0, 0.1) is 11.8 Å². The zero-order valence-corrected chi connectivity index (χ0v) is 9.56. The van der Waals surface area contributed by atoms with Crippen molar-refractivity contribution in [3.63, 3.8) is 0 Å². The Balaban J connectivity index is 2.71. The van der Waals surface area contributed by atoms with E-state index in [2.05, 4.69) is 13.8 Å². The van der Waals surface area contributed by atoms with Crippen LogP contribution in [0.1, 0.15) is 33.6 Å². The predicted molar refractivity (Wildman–Crippen MR) is 56.4 cm³/mol. The molecular formula is C11H19NO3. The highest BCUT2D eigenvalue weighted by Crippen LogP contribution is 2.25. The maximum atomic E-state index is 11.7. The van der Waals surface area contributed by atoms with Gasteiger partial charge in [0.05, 0.1) is 5.92 Å². The van der Waals surface area contributed by atoms with E-state index in [-0.39, 0.29) is 18.4 Å². The Bertz CT molecular complexity index is 263. The fraction of sp³-hybridized carbons (Fsp3) is 0.818. The van der Waals surface area contributed by atoms with Gasteiger partial charge in [-0.1, -0.05) is 20.8 Å². The molecule has 1 saturated heterocycles. The molecule has 1 N–H and O–H groups in total. The van der Waals surface area contributed by atoms with Gasteiger partial charge in [0.25, 0.3) is 0 Å². The van der Waals surface area contributed by atoms with Crippen LogP contribution in [0.4, 0.5) is 0 Å². The monoisotopic (exact) mass is 213 g/mol. The quantitative estimate of drug-likeness (QED) is 0.767. The number of carbonyl (C=O) groups is 2. The van der Waals surface area contributed by atoms with Crippen molar-refractivity contribution in [3.8, 4) is 0 Å². The molecule has 4 nitrogen and oxygen atoms in total. The molecule has 0 spiro atoms. The van der Waals surface area contributed by atoms with Gasteiger partial charge in [-0.05, 0) is 12.3 Å². The van der Waals surface area contributed by atoms with E-state index in [4.69, 9.17) is 5.11 Å². The van der Waals surface area contributed by atoms with Crippen LogP contribution in [0.5, 0.6) is 0 Å². The highest BCUT2D eigenvalue weighted by atomic mass is 16.4. The smallest absolute Gasteiger partial charge is 0.308 e. The summed E-state index contributed by atoms with van der Waals surface area (Å²) in [6, 6.07) is 0.182. The van der Waals surface area contributed by atoms with E-state index in [1.165, 1.54) is 0 Å². The van der Waals surface area contributed by atoms with E-state index < -0.39 is 11.9 Å². The molecule has 2 atom stereocenters. The maximum absolute atomic E-state index is 11.7. The molecule has 1 aliphatic rings. The Morgan fingerprint density at radius 2 is 2.20 bits per heavy atom. The molecular weight excluding hydrogens is 194 g/mol. The molecule has 0 saturated carbocycles. The van der Waals surface area contributed by atoms with E-state index >= 15 is 0 Å². The zero-order valence-electron chi connectivity index (χ0n) is 9.56. The van der Waals surface area contributed by atoms with Crippen LogP contribution in [0.2, 0.25) is 0 Å². The summed E-state index contributed by atoms with van der Waals surface area (Å²) in [4.78, 5) is 24.2.